The van der Waals surface area contributed by atoms with Gasteiger partial charge in [-0.3, -0.25) is 10.1 Å². The van der Waals surface area contributed by atoms with Crippen LogP contribution in [-0.2, 0) is 11.3 Å². The quantitative estimate of drug-likeness (QED) is 0.891. The van der Waals surface area contributed by atoms with Gasteiger partial charge in [-0.25, -0.2) is 4.98 Å². The van der Waals surface area contributed by atoms with Crippen molar-refractivity contribution < 1.29 is 9.53 Å². The molecule has 0 aliphatic carbocycles. The zero-order chi connectivity index (χ0) is 16.9. The second-order valence-electron chi connectivity index (χ2n) is 5.87. The highest BCUT2D eigenvalue weighted by atomic mass is 16.5. The molecule has 6 heteroatoms. The fourth-order valence-electron chi connectivity index (χ4n) is 2.81. The molecule has 1 atom stereocenters. The van der Waals surface area contributed by atoms with Crippen LogP contribution in [0.1, 0.15) is 17.2 Å². The van der Waals surface area contributed by atoms with E-state index in [1.807, 2.05) is 55.4 Å². The lowest BCUT2D eigenvalue weighted by Gasteiger charge is -2.19. The number of nitrogens with zero attached hydrogens (tertiary/aromatic N) is 2. The predicted octanol–water partition coefficient (Wildman–Crippen LogP) is 1.49. The number of carbonyl (C=O) groups is 1. The largest absolute Gasteiger partial charge is 0.492 e. The van der Waals surface area contributed by atoms with Crippen molar-refractivity contribution in [3.63, 3.8) is 0 Å². The number of benzene rings is 1. The molecule has 1 aliphatic rings. The number of hydrogen-bond acceptors (Lipinski definition) is 5. The molecule has 0 saturated carbocycles. The normalized spacial score (nSPS) is 16.5. The van der Waals surface area contributed by atoms with Crippen molar-refractivity contribution in [3.8, 4) is 5.75 Å². The number of aromatic nitrogens is 1. The van der Waals surface area contributed by atoms with E-state index in [0.29, 0.717) is 19.7 Å². The molecular formula is C18H22N4O2. The van der Waals surface area contributed by atoms with Gasteiger partial charge in [-0.2, -0.15) is 0 Å². The Hall–Kier alpha value is -2.60. The number of fused-ring (bicyclic) bond motifs is 1. The van der Waals surface area contributed by atoms with Gasteiger partial charge in [-0.1, -0.05) is 24.3 Å². The Kier molecular flexibility index (Phi) is 4.96. The number of carbonyl (C=O) groups excluding carboxylic acids is 1. The van der Waals surface area contributed by atoms with E-state index < -0.39 is 6.04 Å². The Morgan fingerprint density at radius 3 is 3.00 bits per heavy atom. The molecule has 2 heterocycles. The number of rotatable bonds is 4. The summed E-state index contributed by atoms with van der Waals surface area (Å²) < 4.78 is 5.68. The van der Waals surface area contributed by atoms with Crippen molar-refractivity contribution >= 4 is 11.7 Å². The lowest BCUT2D eigenvalue weighted by atomic mass is 10.0. The standard InChI is InChI=1S/C18H22N4O2/c1-22(2)17-13(6-5-9-20-17)12-21-18(23)16-14-7-3-4-8-15(14)24-11-10-19-16/h3-9,16,19H,10-12H2,1-2H3,(H,21,23). The zero-order valence-corrected chi connectivity index (χ0v) is 14.0. The maximum absolute atomic E-state index is 12.7. The summed E-state index contributed by atoms with van der Waals surface area (Å²) in [4.78, 5) is 19.0. The molecule has 0 radical (unpaired) electrons. The van der Waals surface area contributed by atoms with E-state index in [2.05, 4.69) is 15.6 Å². The molecule has 1 unspecified atom stereocenters. The van der Waals surface area contributed by atoms with Gasteiger partial charge in [-0.15, -0.1) is 0 Å². The number of nitrogens with one attached hydrogen (secondary N) is 2. The molecule has 0 saturated heterocycles. The third-order valence-electron chi connectivity index (χ3n) is 3.94. The molecule has 1 amide bonds. The van der Waals surface area contributed by atoms with Gasteiger partial charge in [0, 0.05) is 44.5 Å². The maximum Gasteiger partial charge on any atom is 0.242 e. The molecule has 1 aliphatic heterocycles. The van der Waals surface area contributed by atoms with E-state index in [1.165, 1.54) is 0 Å². The number of amides is 1. The van der Waals surface area contributed by atoms with Crippen molar-refractivity contribution in [3.05, 3.63) is 53.7 Å². The lowest BCUT2D eigenvalue weighted by Crippen LogP contribution is -2.37. The van der Waals surface area contributed by atoms with Crippen molar-refractivity contribution in [2.45, 2.75) is 12.6 Å². The molecule has 0 spiro atoms. The van der Waals surface area contributed by atoms with E-state index in [9.17, 15) is 4.79 Å². The molecule has 1 aromatic heterocycles. The number of para-hydroxylation sites is 1. The Balaban J connectivity index is 1.74. The highest BCUT2D eigenvalue weighted by Gasteiger charge is 2.25. The number of ether oxygens (including phenoxy) is 1. The summed E-state index contributed by atoms with van der Waals surface area (Å²) in [5.41, 5.74) is 1.85. The molecular weight excluding hydrogens is 304 g/mol. The summed E-state index contributed by atoms with van der Waals surface area (Å²) in [5.74, 6) is 1.55. The molecule has 3 rings (SSSR count). The van der Waals surface area contributed by atoms with Gasteiger partial charge in [0.05, 0.1) is 0 Å². The summed E-state index contributed by atoms with van der Waals surface area (Å²) in [6.07, 6.45) is 1.75. The monoisotopic (exact) mass is 326 g/mol. The summed E-state index contributed by atoms with van der Waals surface area (Å²) in [6, 6.07) is 11.1. The summed E-state index contributed by atoms with van der Waals surface area (Å²) in [6.45, 7) is 1.61. The Bertz CT molecular complexity index is 718. The van der Waals surface area contributed by atoms with Crippen molar-refractivity contribution in [2.75, 3.05) is 32.1 Å². The molecule has 2 aromatic rings. The van der Waals surface area contributed by atoms with Gasteiger partial charge >= 0.3 is 0 Å². The molecule has 0 fully saturated rings. The zero-order valence-electron chi connectivity index (χ0n) is 14.0. The Morgan fingerprint density at radius 2 is 2.17 bits per heavy atom. The first-order valence-corrected chi connectivity index (χ1v) is 8.01. The van der Waals surface area contributed by atoms with Crippen molar-refractivity contribution in [1.82, 2.24) is 15.6 Å². The van der Waals surface area contributed by atoms with Gasteiger partial charge < -0.3 is 15.0 Å². The topological polar surface area (TPSA) is 66.5 Å². The highest BCUT2D eigenvalue weighted by Crippen LogP contribution is 2.27. The van der Waals surface area contributed by atoms with E-state index >= 15 is 0 Å². The third-order valence-corrected chi connectivity index (χ3v) is 3.94. The van der Waals surface area contributed by atoms with Gasteiger partial charge in [-0.05, 0) is 12.1 Å². The third kappa shape index (κ3) is 3.49. The summed E-state index contributed by atoms with van der Waals surface area (Å²) >= 11 is 0. The molecule has 126 valence electrons. The molecule has 0 bridgehead atoms. The Labute approximate surface area is 141 Å². The van der Waals surface area contributed by atoms with Gasteiger partial charge in [0.2, 0.25) is 5.91 Å². The SMILES string of the molecule is CN(C)c1ncccc1CNC(=O)C1NCCOc2ccccc21. The van der Waals surface area contributed by atoms with E-state index in [4.69, 9.17) is 4.74 Å². The van der Waals surface area contributed by atoms with Crippen LogP contribution < -0.4 is 20.3 Å². The minimum absolute atomic E-state index is 0.0680. The van der Waals surface area contributed by atoms with Crippen LogP contribution in [0.15, 0.2) is 42.6 Å². The number of pyridine rings is 1. The maximum atomic E-state index is 12.7. The molecule has 24 heavy (non-hydrogen) atoms. The first kappa shape index (κ1) is 16.3. The van der Waals surface area contributed by atoms with Crippen molar-refractivity contribution in [2.24, 2.45) is 0 Å². The van der Waals surface area contributed by atoms with Crippen LogP contribution in [0, 0.1) is 0 Å². The van der Waals surface area contributed by atoms with Crippen LogP contribution in [0.3, 0.4) is 0 Å². The smallest absolute Gasteiger partial charge is 0.242 e. The van der Waals surface area contributed by atoms with E-state index in [-0.39, 0.29) is 5.91 Å². The first-order chi connectivity index (χ1) is 11.7. The molecule has 2 N–H and O–H groups in total. The molecule has 6 nitrogen and oxygen atoms in total. The Morgan fingerprint density at radius 1 is 1.33 bits per heavy atom. The number of anilines is 1. The summed E-state index contributed by atoms with van der Waals surface area (Å²) in [7, 11) is 3.88. The van der Waals surface area contributed by atoms with E-state index in [1.54, 1.807) is 6.20 Å². The van der Waals surface area contributed by atoms with Crippen LogP contribution in [-0.4, -0.2) is 38.1 Å². The van der Waals surface area contributed by atoms with Gasteiger partial charge in [0.15, 0.2) is 0 Å². The van der Waals surface area contributed by atoms with Gasteiger partial charge in [0.25, 0.3) is 0 Å². The fourth-order valence-corrected chi connectivity index (χ4v) is 2.81. The second kappa shape index (κ2) is 7.31. The minimum Gasteiger partial charge on any atom is -0.492 e. The average Bonchev–Trinajstić information content (AvgIpc) is 2.82. The minimum atomic E-state index is -0.414. The number of hydrogen-bond donors (Lipinski definition) is 2. The second-order valence-corrected chi connectivity index (χ2v) is 5.87. The van der Waals surface area contributed by atoms with Crippen LogP contribution in [0.4, 0.5) is 5.82 Å². The van der Waals surface area contributed by atoms with Crippen LogP contribution in [0.5, 0.6) is 5.75 Å². The molecule has 1 aromatic carbocycles. The van der Waals surface area contributed by atoms with Gasteiger partial charge in [0.1, 0.15) is 24.2 Å². The predicted molar refractivity (Wildman–Crippen MR) is 93.1 cm³/mol. The van der Waals surface area contributed by atoms with Crippen LogP contribution in [0.2, 0.25) is 0 Å². The summed E-state index contributed by atoms with van der Waals surface area (Å²) in [5, 5.41) is 6.26. The van der Waals surface area contributed by atoms with Crippen LogP contribution >= 0.6 is 0 Å². The average molecular weight is 326 g/mol. The van der Waals surface area contributed by atoms with E-state index in [0.717, 1.165) is 22.7 Å². The highest BCUT2D eigenvalue weighted by molar-refractivity contribution is 5.84. The fraction of sp³-hybridized carbons (Fsp3) is 0.333. The van der Waals surface area contributed by atoms with Crippen molar-refractivity contribution in [1.29, 1.82) is 0 Å². The lowest BCUT2D eigenvalue weighted by molar-refractivity contribution is -0.123. The first-order valence-electron chi connectivity index (χ1n) is 8.01. The van der Waals surface area contributed by atoms with Crippen LogP contribution in [0.25, 0.3) is 0 Å².